The quantitative estimate of drug-likeness (QED) is 0.463. The molecular formula is C30H41BFNO4. The summed E-state index contributed by atoms with van der Waals surface area (Å²) in [5.74, 6) is 0.518. The van der Waals surface area contributed by atoms with Crippen LogP contribution in [0.5, 0.6) is 11.5 Å². The summed E-state index contributed by atoms with van der Waals surface area (Å²) in [5.41, 5.74) is 4.60. The molecule has 0 unspecified atom stereocenters. The molecular weight excluding hydrogens is 468 g/mol. The summed E-state index contributed by atoms with van der Waals surface area (Å²) < 4.78 is 24.4. The minimum atomic E-state index is -0.423. The van der Waals surface area contributed by atoms with E-state index in [4.69, 9.17) is 9.31 Å². The molecule has 0 bridgehead atoms. The molecule has 2 aromatic rings. The summed E-state index contributed by atoms with van der Waals surface area (Å²) in [6.45, 7) is 11.5. The molecule has 37 heavy (non-hydrogen) atoms. The van der Waals surface area contributed by atoms with Crippen molar-refractivity contribution in [3.05, 3.63) is 64.6 Å². The third kappa shape index (κ3) is 6.39. The van der Waals surface area contributed by atoms with E-state index < -0.39 is 18.3 Å². The summed E-state index contributed by atoms with van der Waals surface area (Å²) in [5, 5.41) is 19.7. The minimum Gasteiger partial charge on any atom is -0.508 e. The highest BCUT2D eigenvalue weighted by molar-refractivity contribution is 6.56. The van der Waals surface area contributed by atoms with Crippen LogP contribution in [-0.2, 0) is 15.7 Å². The maximum atomic E-state index is 11.6. The van der Waals surface area contributed by atoms with Gasteiger partial charge in [-0.25, -0.2) is 0 Å². The van der Waals surface area contributed by atoms with E-state index >= 15 is 0 Å². The fourth-order valence-electron chi connectivity index (χ4n) is 5.28. The molecule has 2 N–H and O–H groups in total. The molecule has 200 valence electrons. The number of halogens is 1. The highest BCUT2D eigenvalue weighted by Gasteiger charge is 2.53. The molecule has 2 aliphatic heterocycles. The van der Waals surface area contributed by atoms with Gasteiger partial charge in [-0.05, 0) is 131 Å². The highest BCUT2D eigenvalue weighted by atomic mass is 19.1. The summed E-state index contributed by atoms with van der Waals surface area (Å²) in [6.07, 6.45) is 6.03. The smallest absolute Gasteiger partial charge is 0.491 e. The van der Waals surface area contributed by atoms with E-state index in [0.29, 0.717) is 0 Å². The first-order valence-electron chi connectivity index (χ1n) is 13.6. The van der Waals surface area contributed by atoms with Crippen molar-refractivity contribution in [1.29, 1.82) is 0 Å². The number of alkyl halides is 1. The zero-order valence-electron chi connectivity index (χ0n) is 22.7. The number of phenols is 2. The molecule has 0 atom stereocenters. The molecule has 0 aromatic heterocycles. The van der Waals surface area contributed by atoms with Crippen LogP contribution in [0.25, 0.3) is 5.57 Å². The van der Waals surface area contributed by atoms with Gasteiger partial charge in [-0.2, -0.15) is 0 Å². The lowest BCUT2D eigenvalue weighted by atomic mass is 9.70. The van der Waals surface area contributed by atoms with Crippen molar-refractivity contribution in [3.8, 4) is 11.5 Å². The predicted molar refractivity (Wildman–Crippen MR) is 148 cm³/mol. The van der Waals surface area contributed by atoms with Gasteiger partial charge in [0.1, 0.15) is 11.5 Å². The normalized spacial score (nSPS) is 20.8. The first-order valence-corrected chi connectivity index (χ1v) is 13.6. The Balaban J connectivity index is 0.000000301. The number of nitrogens with zero attached hydrogens (tertiary/aromatic N) is 1. The topological polar surface area (TPSA) is 62.2 Å². The number of aryl methyl sites for hydroxylation is 1. The molecule has 3 aliphatic rings. The second-order valence-electron chi connectivity index (χ2n) is 11.3. The van der Waals surface area contributed by atoms with Crippen LogP contribution in [0.3, 0.4) is 0 Å². The first kappa shape index (κ1) is 27.7. The molecule has 1 aliphatic carbocycles. The van der Waals surface area contributed by atoms with E-state index in [-0.39, 0.29) is 18.2 Å². The van der Waals surface area contributed by atoms with Crippen LogP contribution < -0.4 is 0 Å². The molecule has 7 heteroatoms. The number of likely N-dealkylation sites (tertiary alicyclic amines) is 1. The Morgan fingerprint density at radius 3 is 2.11 bits per heavy atom. The van der Waals surface area contributed by atoms with Gasteiger partial charge in [0.25, 0.3) is 0 Å². The third-order valence-electron chi connectivity index (χ3n) is 8.07. The monoisotopic (exact) mass is 509 g/mol. The number of aromatic hydroxyl groups is 2. The van der Waals surface area contributed by atoms with Crippen LogP contribution in [0.15, 0.2) is 47.9 Å². The van der Waals surface area contributed by atoms with Crippen molar-refractivity contribution >= 4 is 12.7 Å². The second kappa shape index (κ2) is 11.6. The lowest BCUT2D eigenvalue weighted by molar-refractivity contribution is 0.00578. The molecule has 0 spiro atoms. The van der Waals surface area contributed by atoms with E-state index in [1.54, 1.807) is 18.2 Å². The average molecular weight is 509 g/mol. The summed E-state index contributed by atoms with van der Waals surface area (Å²) in [4.78, 5) is 2.33. The van der Waals surface area contributed by atoms with Crippen molar-refractivity contribution < 1.29 is 23.9 Å². The van der Waals surface area contributed by atoms with E-state index in [1.807, 2.05) is 24.3 Å². The van der Waals surface area contributed by atoms with Crippen LogP contribution in [0.1, 0.15) is 76.5 Å². The fraction of sp³-hybridized carbons (Fsp3) is 0.533. The van der Waals surface area contributed by atoms with Gasteiger partial charge in [0, 0.05) is 6.54 Å². The molecule has 2 saturated heterocycles. The first-order chi connectivity index (χ1) is 17.6. The van der Waals surface area contributed by atoms with Crippen LogP contribution >= 0.6 is 0 Å². The molecule has 2 aromatic carbocycles. The van der Waals surface area contributed by atoms with Crippen LogP contribution in [-0.4, -0.2) is 59.7 Å². The van der Waals surface area contributed by atoms with Crippen LogP contribution in [0.2, 0.25) is 0 Å². The van der Waals surface area contributed by atoms with Gasteiger partial charge in [0.05, 0.1) is 17.9 Å². The number of phenolic OH excluding ortho intramolecular Hbond substituents is 2. The van der Waals surface area contributed by atoms with Gasteiger partial charge in [0.15, 0.2) is 0 Å². The van der Waals surface area contributed by atoms with E-state index in [9.17, 15) is 14.6 Å². The molecule has 2 fully saturated rings. The minimum absolute atomic E-state index is 0.156. The Morgan fingerprint density at radius 2 is 1.49 bits per heavy atom. The lowest BCUT2D eigenvalue weighted by Gasteiger charge is -2.32. The molecule has 0 saturated carbocycles. The van der Waals surface area contributed by atoms with Crippen molar-refractivity contribution in [2.45, 2.75) is 77.4 Å². The SMILES string of the molecule is CC1(C)OB(C2=C(c3ccc(O)cc3)c3ccc(O)cc3CCC2)OC1(C)C.FCCCN1CCCC1. The van der Waals surface area contributed by atoms with Crippen molar-refractivity contribution in [1.82, 2.24) is 4.90 Å². The second-order valence-corrected chi connectivity index (χ2v) is 11.3. The standard InChI is InChI=1S/C23H27BO4.C7H14FN/c1-22(2)23(3,4)28-24(27-22)20-7-5-6-16-14-18(26)12-13-19(16)21(20)15-8-10-17(25)11-9-15;8-4-3-7-9-5-1-2-6-9/h8-14,25-26H,5-7H2,1-4H3;1-7H2. The Hall–Kier alpha value is -2.35. The van der Waals surface area contributed by atoms with Crippen LogP contribution in [0, 0.1) is 0 Å². The van der Waals surface area contributed by atoms with Gasteiger partial charge < -0.3 is 24.4 Å². The van der Waals surface area contributed by atoms with E-state index in [1.165, 1.54) is 25.9 Å². The van der Waals surface area contributed by atoms with Gasteiger partial charge in [-0.1, -0.05) is 18.2 Å². The maximum absolute atomic E-state index is 11.6. The van der Waals surface area contributed by atoms with E-state index in [0.717, 1.165) is 60.0 Å². The lowest BCUT2D eigenvalue weighted by Crippen LogP contribution is -2.41. The number of rotatable bonds is 5. The number of fused-ring (bicyclic) bond motifs is 1. The Labute approximate surface area is 221 Å². The van der Waals surface area contributed by atoms with Gasteiger partial charge in [0.2, 0.25) is 0 Å². The van der Waals surface area contributed by atoms with Crippen LogP contribution in [0.4, 0.5) is 4.39 Å². The van der Waals surface area contributed by atoms with E-state index in [2.05, 4.69) is 32.6 Å². The van der Waals surface area contributed by atoms with Gasteiger partial charge in [-0.15, -0.1) is 0 Å². The summed E-state index contributed by atoms with van der Waals surface area (Å²) >= 11 is 0. The Bertz CT molecular complexity index is 1080. The van der Waals surface area contributed by atoms with Crippen molar-refractivity contribution in [2.75, 3.05) is 26.3 Å². The number of hydrogen-bond acceptors (Lipinski definition) is 5. The fourth-order valence-corrected chi connectivity index (χ4v) is 5.28. The molecule has 0 radical (unpaired) electrons. The zero-order valence-corrected chi connectivity index (χ0v) is 22.7. The molecule has 5 nitrogen and oxygen atoms in total. The summed E-state index contributed by atoms with van der Waals surface area (Å²) in [7, 11) is -0.423. The Morgan fingerprint density at radius 1 is 0.865 bits per heavy atom. The molecule has 2 heterocycles. The Kier molecular flexibility index (Phi) is 8.67. The summed E-state index contributed by atoms with van der Waals surface area (Å²) in [6, 6.07) is 12.8. The third-order valence-corrected chi connectivity index (χ3v) is 8.07. The zero-order chi connectivity index (χ0) is 26.6. The predicted octanol–water partition coefficient (Wildman–Crippen LogP) is 6.31. The maximum Gasteiger partial charge on any atom is 0.491 e. The highest BCUT2D eigenvalue weighted by Crippen LogP contribution is 2.44. The molecule has 5 rings (SSSR count). The molecule has 0 amide bonds. The largest absolute Gasteiger partial charge is 0.508 e. The van der Waals surface area contributed by atoms with Crippen molar-refractivity contribution in [2.24, 2.45) is 0 Å². The number of hydrogen-bond donors (Lipinski definition) is 2. The average Bonchev–Trinajstić information content (AvgIpc) is 3.38. The van der Waals surface area contributed by atoms with Crippen molar-refractivity contribution in [3.63, 3.8) is 0 Å². The number of benzene rings is 2. The number of allylic oxidation sites excluding steroid dienone is 1. The van der Waals surface area contributed by atoms with Gasteiger partial charge in [-0.3, -0.25) is 4.39 Å². The van der Waals surface area contributed by atoms with Gasteiger partial charge >= 0.3 is 7.12 Å².